The van der Waals surface area contributed by atoms with E-state index in [9.17, 15) is 0 Å². The Balaban J connectivity index is 1.43. The molecule has 2 aliphatic rings. The summed E-state index contributed by atoms with van der Waals surface area (Å²) in [5.74, 6) is 2.13. The second kappa shape index (κ2) is 7.75. The van der Waals surface area contributed by atoms with Gasteiger partial charge in [-0.2, -0.15) is 0 Å². The van der Waals surface area contributed by atoms with E-state index in [0.29, 0.717) is 5.41 Å². The second-order valence-corrected chi connectivity index (χ2v) is 8.12. The molecule has 4 rings (SSSR count). The van der Waals surface area contributed by atoms with Gasteiger partial charge in [-0.1, -0.05) is 30.7 Å². The van der Waals surface area contributed by atoms with E-state index >= 15 is 0 Å². The van der Waals surface area contributed by atoms with Crippen molar-refractivity contribution >= 4 is 5.96 Å². The average Bonchev–Trinajstić information content (AvgIpc) is 3.26. The van der Waals surface area contributed by atoms with Crippen molar-refractivity contribution in [3.63, 3.8) is 0 Å². The number of nitrogens with zero attached hydrogens (tertiary/aromatic N) is 4. The average molecular weight is 366 g/mol. The van der Waals surface area contributed by atoms with Crippen LogP contribution in [0.3, 0.4) is 0 Å². The van der Waals surface area contributed by atoms with Crippen molar-refractivity contribution in [1.29, 1.82) is 0 Å². The van der Waals surface area contributed by atoms with Gasteiger partial charge < -0.3 is 14.8 Å². The third-order valence-electron chi connectivity index (χ3n) is 6.17. The SMILES string of the molecule is CCNC(=NCc1cccc(Cn2ccnc2C)c1)N1CCC2(CCC2)C1. The van der Waals surface area contributed by atoms with Crippen molar-refractivity contribution < 1.29 is 0 Å². The number of aliphatic imine (C=N–C) groups is 1. The number of hydrogen-bond acceptors (Lipinski definition) is 2. The van der Waals surface area contributed by atoms with Crippen molar-refractivity contribution in [3.8, 4) is 0 Å². The zero-order valence-electron chi connectivity index (χ0n) is 16.6. The van der Waals surface area contributed by atoms with Crippen LogP contribution in [-0.4, -0.2) is 40.0 Å². The number of hydrogen-bond donors (Lipinski definition) is 1. The molecule has 144 valence electrons. The van der Waals surface area contributed by atoms with E-state index in [-0.39, 0.29) is 0 Å². The lowest BCUT2D eigenvalue weighted by Gasteiger charge is -2.38. The molecule has 27 heavy (non-hydrogen) atoms. The molecule has 2 fully saturated rings. The standard InChI is InChI=1S/C22H31N5/c1-3-23-21(27-12-10-22(17-27)8-5-9-22)25-15-19-6-4-7-20(14-19)16-26-13-11-24-18(26)2/h4,6-7,11,13-14H,3,5,8-10,12,15-17H2,1-2H3,(H,23,25). The van der Waals surface area contributed by atoms with Crippen LogP contribution in [0.5, 0.6) is 0 Å². The molecule has 0 bridgehead atoms. The first-order valence-corrected chi connectivity index (χ1v) is 10.3. The molecule has 5 nitrogen and oxygen atoms in total. The zero-order valence-corrected chi connectivity index (χ0v) is 16.6. The van der Waals surface area contributed by atoms with Gasteiger partial charge in [0.25, 0.3) is 0 Å². The van der Waals surface area contributed by atoms with Gasteiger partial charge in [0, 0.05) is 38.6 Å². The van der Waals surface area contributed by atoms with Gasteiger partial charge in [0.05, 0.1) is 6.54 Å². The maximum Gasteiger partial charge on any atom is 0.194 e. The molecule has 5 heteroatoms. The number of imidazole rings is 1. The molecule has 1 N–H and O–H groups in total. The van der Waals surface area contributed by atoms with E-state index in [2.05, 4.69) is 51.0 Å². The van der Waals surface area contributed by atoms with Crippen LogP contribution in [0.15, 0.2) is 41.7 Å². The van der Waals surface area contributed by atoms with Crippen molar-refractivity contribution in [1.82, 2.24) is 19.8 Å². The maximum absolute atomic E-state index is 4.96. The van der Waals surface area contributed by atoms with E-state index in [0.717, 1.165) is 38.0 Å². The summed E-state index contributed by atoms with van der Waals surface area (Å²) >= 11 is 0. The predicted molar refractivity (Wildman–Crippen MR) is 110 cm³/mol. The molecule has 2 heterocycles. The monoisotopic (exact) mass is 365 g/mol. The van der Waals surface area contributed by atoms with Gasteiger partial charge in [0.1, 0.15) is 5.82 Å². The van der Waals surface area contributed by atoms with Crippen LogP contribution in [0.1, 0.15) is 49.6 Å². The molecule has 1 spiro atoms. The minimum Gasteiger partial charge on any atom is -0.357 e. The van der Waals surface area contributed by atoms with Gasteiger partial charge in [0.2, 0.25) is 0 Å². The summed E-state index contributed by atoms with van der Waals surface area (Å²) in [5.41, 5.74) is 3.15. The molecule has 0 atom stereocenters. The molecule has 1 aliphatic carbocycles. The van der Waals surface area contributed by atoms with Crippen LogP contribution in [-0.2, 0) is 13.1 Å². The van der Waals surface area contributed by atoms with Crippen LogP contribution < -0.4 is 5.32 Å². The highest BCUT2D eigenvalue weighted by Gasteiger charge is 2.43. The van der Waals surface area contributed by atoms with E-state index in [4.69, 9.17) is 4.99 Å². The summed E-state index contributed by atoms with van der Waals surface area (Å²) < 4.78 is 2.18. The minimum absolute atomic E-state index is 0.596. The number of rotatable bonds is 5. The Morgan fingerprint density at radius 2 is 2.11 bits per heavy atom. The first kappa shape index (κ1) is 18.1. The van der Waals surface area contributed by atoms with Crippen LogP contribution in [0.4, 0.5) is 0 Å². The fourth-order valence-corrected chi connectivity index (χ4v) is 4.39. The molecular weight excluding hydrogens is 334 g/mol. The van der Waals surface area contributed by atoms with Crippen LogP contribution in [0, 0.1) is 12.3 Å². The van der Waals surface area contributed by atoms with Crippen molar-refractivity contribution in [2.75, 3.05) is 19.6 Å². The normalized spacial score (nSPS) is 18.7. The molecule has 1 saturated heterocycles. The van der Waals surface area contributed by atoms with Gasteiger partial charge in [-0.15, -0.1) is 0 Å². The summed E-state index contributed by atoms with van der Waals surface area (Å²) in [5, 5.41) is 3.50. The molecule has 0 amide bonds. The highest BCUT2D eigenvalue weighted by atomic mass is 15.3. The van der Waals surface area contributed by atoms with Crippen molar-refractivity contribution in [3.05, 3.63) is 53.6 Å². The Morgan fingerprint density at radius 1 is 1.26 bits per heavy atom. The molecule has 1 aliphatic heterocycles. The fraction of sp³-hybridized carbons (Fsp3) is 0.545. The zero-order chi connectivity index (χ0) is 18.7. The smallest absolute Gasteiger partial charge is 0.194 e. The van der Waals surface area contributed by atoms with Gasteiger partial charge in [0.15, 0.2) is 5.96 Å². The van der Waals surface area contributed by atoms with E-state index in [1.54, 1.807) is 0 Å². The fourth-order valence-electron chi connectivity index (χ4n) is 4.39. The summed E-state index contributed by atoms with van der Waals surface area (Å²) in [6.07, 6.45) is 9.43. The quantitative estimate of drug-likeness (QED) is 0.651. The number of guanidine groups is 1. The highest BCUT2D eigenvalue weighted by molar-refractivity contribution is 5.80. The topological polar surface area (TPSA) is 45.5 Å². The van der Waals surface area contributed by atoms with Crippen LogP contribution in [0.25, 0.3) is 0 Å². The van der Waals surface area contributed by atoms with E-state index in [1.807, 2.05) is 19.3 Å². The molecular formula is C22H31N5. The lowest BCUT2D eigenvalue weighted by Crippen LogP contribution is -2.42. The molecule has 0 unspecified atom stereocenters. The second-order valence-electron chi connectivity index (χ2n) is 8.12. The molecule has 0 radical (unpaired) electrons. The third kappa shape index (κ3) is 4.02. The Bertz CT molecular complexity index is 803. The van der Waals surface area contributed by atoms with Crippen molar-refractivity contribution in [2.45, 2.75) is 52.6 Å². The summed E-state index contributed by atoms with van der Waals surface area (Å²) in [4.78, 5) is 11.7. The van der Waals surface area contributed by atoms with Crippen LogP contribution >= 0.6 is 0 Å². The van der Waals surface area contributed by atoms with E-state index < -0.39 is 0 Å². The van der Waals surface area contributed by atoms with Crippen molar-refractivity contribution in [2.24, 2.45) is 10.4 Å². The lowest BCUT2D eigenvalue weighted by molar-refractivity contribution is 0.151. The van der Waals surface area contributed by atoms with Crippen LogP contribution in [0.2, 0.25) is 0 Å². The molecule has 1 aromatic heterocycles. The Kier molecular flexibility index (Phi) is 5.19. The van der Waals surface area contributed by atoms with Gasteiger partial charge in [-0.05, 0) is 49.7 Å². The lowest BCUT2D eigenvalue weighted by atomic mass is 9.68. The minimum atomic E-state index is 0.596. The maximum atomic E-state index is 4.96. The van der Waals surface area contributed by atoms with E-state index in [1.165, 1.54) is 43.4 Å². The molecule has 1 saturated carbocycles. The summed E-state index contributed by atoms with van der Waals surface area (Å²) in [6.45, 7) is 9.02. The van der Waals surface area contributed by atoms with Gasteiger partial charge in [-0.25, -0.2) is 9.98 Å². The van der Waals surface area contributed by atoms with Gasteiger partial charge >= 0.3 is 0 Å². The summed E-state index contributed by atoms with van der Waals surface area (Å²) in [7, 11) is 0. The number of aromatic nitrogens is 2. The number of likely N-dealkylation sites (tertiary alicyclic amines) is 1. The first-order chi connectivity index (χ1) is 13.2. The predicted octanol–water partition coefficient (Wildman–Crippen LogP) is 3.58. The number of nitrogens with one attached hydrogen (secondary N) is 1. The number of benzene rings is 1. The first-order valence-electron chi connectivity index (χ1n) is 10.3. The Morgan fingerprint density at radius 3 is 2.78 bits per heavy atom. The van der Waals surface area contributed by atoms with Gasteiger partial charge in [-0.3, -0.25) is 0 Å². The third-order valence-corrected chi connectivity index (χ3v) is 6.17. The largest absolute Gasteiger partial charge is 0.357 e. The Labute approximate surface area is 162 Å². The summed E-state index contributed by atoms with van der Waals surface area (Å²) in [6, 6.07) is 8.76. The number of aryl methyl sites for hydroxylation is 1. The molecule has 1 aromatic carbocycles. The highest BCUT2D eigenvalue weighted by Crippen LogP contribution is 2.47. The molecule has 2 aromatic rings. The Hall–Kier alpha value is -2.30.